The van der Waals surface area contributed by atoms with Crippen molar-refractivity contribution in [3.8, 4) is 6.07 Å². The van der Waals surface area contributed by atoms with Gasteiger partial charge in [-0.3, -0.25) is 0 Å². The van der Waals surface area contributed by atoms with Gasteiger partial charge in [-0.1, -0.05) is 6.92 Å². The molecule has 1 aliphatic heterocycles. The highest BCUT2D eigenvalue weighted by molar-refractivity contribution is 4.92. The van der Waals surface area contributed by atoms with Crippen LogP contribution in [-0.4, -0.2) is 62.2 Å². The Hall–Kier alpha value is -0.630. The van der Waals surface area contributed by atoms with Crippen LogP contribution in [0.25, 0.3) is 0 Å². The molecule has 1 heterocycles. The van der Waals surface area contributed by atoms with Crippen LogP contribution in [0.3, 0.4) is 0 Å². The molecule has 1 rings (SSSR count). The van der Waals surface area contributed by atoms with Crippen LogP contribution >= 0.6 is 0 Å². The van der Waals surface area contributed by atoms with Gasteiger partial charge in [0.05, 0.1) is 6.07 Å². The number of hydrogen-bond donors (Lipinski definition) is 1. The molecule has 0 saturated carbocycles. The highest BCUT2D eigenvalue weighted by Crippen LogP contribution is 2.14. The molecule has 0 bridgehead atoms. The molecule has 1 N–H and O–H groups in total. The molecule has 1 aliphatic rings. The molecule has 4 heteroatoms. The minimum absolute atomic E-state index is 0.0130. The second kappa shape index (κ2) is 6.85. The maximum absolute atomic E-state index is 8.98. The van der Waals surface area contributed by atoms with Crippen LogP contribution in [0.5, 0.6) is 0 Å². The van der Waals surface area contributed by atoms with E-state index in [9.17, 15) is 0 Å². The van der Waals surface area contributed by atoms with Gasteiger partial charge >= 0.3 is 0 Å². The lowest BCUT2D eigenvalue weighted by Crippen LogP contribution is -2.47. The van der Waals surface area contributed by atoms with E-state index in [4.69, 9.17) is 5.26 Å². The molecule has 0 amide bonds. The SMILES string of the molecule is CCNC(C#N)CN1CCC(N(C)C)CC1. The first-order chi connectivity index (χ1) is 7.67. The van der Waals surface area contributed by atoms with Gasteiger partial charge < -0.3 is 15.1 Å². The summed E-state index contributed by atoms with van der Waals surface area (Å²) in [5, 5.41) is 12.2. The molecule has 1 unspecified atom stereocenters. The first-order valence-corrected chi connectivity index (χ1v) is 6.19. The molecule has 4 nitrogen and oxygen atoms in total. The molecule has 0 aromatic carbocycles. The van der Waals surface area contributed by atoms with Gasteiger partial charge in [-0.15, -0.1) is 0 Å². The average Bonchev–Trinajstić information content (AvgIpc) is 2.29. The van der Waals surface area contributed by atoms with Crippen LogP contribution in [0, 0.1) is 11.3 Å². The normalized spacial score (nSPS) is 20.9. The van der Waals surface area contributed by atoms with E-state index in [-0.39, 0.29) is 6.04 Å². The molecule has 0 aromatic heterocycles. The molecule has 1 atom stereocenters. The Labute approximate surface area is 99.2 Å². The summed E-state index contributed by atoms with van der Waals surface area (Å²) in [7, 11) is 4.30. The molecule has 92 valence electrons. The largest absolute Gasteiger partial charge is 0.306 e. The lowest BCUT2D eigenvalue weighted by molar-refractivity contribution is 0.140. The van der Waals surface area contributed by atoms with E-state index in [2.05, 4.69) is 35.3 Å². The Morgan fingerprint density at radius 1 is 1.44 bits per heavy atom. The zero-order valence-corrected chi connectivity index (χ0v) is 10.7. The van der Waals surface area contributed by atoms with Gasteiger partial charge in [-0.25, -0.2) is 0 Å². The minimum Gasteiger partial charge on any atom is -0.306 e. The van der Waals surface area contributed by atoms with Crippen molar-refractivity contribution < 1.29 is 0 Å². The first kappa shape index (κ1) is 13.4. The van der Waals surface area contributed by atoms with Crippen LogP contribution in [-0.2, 0) is 0 Å². The standard InChI is InChI=1S/C12H24N4/c1-4-14-11(9-13)10-16-7-5-12(6-8-16)15(2)3/h11-12,14H,4-8,10H2,1-3H3. The van der Waals surface area contributed by atoms with Crippen LogP contribution in [0.15, 0.2) is 0 Å². The first-order valence-electron chi connectivity index (χ1n) is 6.19. The minimum atomic E-state index is -0.0130. The molecule has 0 spiro atoms. The quantitative estimate of drug-likeness (QED) is 0.739. The summed E-state index contributed by atoms with van der Waals surface area (Å²) in [5.74, 6) is 0. The summed E-state index contributed by atoms with van der Waals surface area (Å²) in [5.41, 5.74) is 0. The second-order valence-corrected chi connectivity index (χ2v) is 4.73. The predicted molar refractivity (Wildman–Crippen MR) is 66.2 cm³/mol. The van der Waals surface area contributed by atoms with Crippen molar-refractivity contribution in [2.75, 3.05) is 40.3 Å². The van der Waals surface area contributed by atoms with E-state index in [0.29, 0.717) is 0 Å². The Balaban J connectivity index is 2.28. The van der Waals surface area contributed by atoms with Gasteiger partial charge in [-0.2, -0.15) is 5.26 Å². The summed E-state index contributed by atoms with van der Waals surface area (Å²) in [6, 6.07) is 3.03. The third-order valence-electron chi connectivity index (χ3n) is 3.33. The lowest BCUT2D eigenvalue weighted by atomic mass is 10.0. The fourth-order valence-electron chi connectivity index (χ4n) is 2.27. The summed E-state index contributed by atoms with van der Waals surface area (Å²) < 4.78 is 0. The third-order valence-corrected chi connectivity index (χ3v) is 3.33. The molecule has 0 radical (unpaired) electrons. The Bertz CT molecular complexity index is 226. The van der Waals surface area contributed by atoms with Crippen molar-refractivity contribution in [1.82, 2.24) is 15.1 Å². The van der Waals surface area contributed by atoms with E-state index in [1.54, 1.807) is 0 Å². The van der Waals surface area contributed by atoms with E-state index in [0.717, 1.165) is 32.2 Å². The number of likely N-dealkylation sites (N-methyl/N-ethyl adjacent to an activating group) is 1. The van der Waals surface area contributed by atoms with Crippen molar-refractivity contribution in [2.24, 2.45) is 0 Å². The highest BCUT2D eigenvalue weighted by Gasteiger charge is 2.22. The van der Waals surface area contributed by atoms with E-state index >= 15 is 0 Å². The Morgan fingerprint density at radius 3 is 2.50 bits per heavy atom. The fourth-order valence-corrected chi connectivity index (χ4v) is 2.27. The molecule has 1 saturated heterocycles. The summed E-state index contributed by atoms with van der Waals surface area (Å²) in [6.45, 7) is 6.01. The van der Waals surface area contributed by atoms with Gasteiger partial charge in [0.1, 0.15) is 6.04 Å². The number of nitriles is 1. The molecular weight excluding hydrogens is 200 g/mol. The van der Waals surface area contributed by atoms with Gasteiger partial charge in [0.2, 0.25) is 0 Å². The lowest BCUT2D eigenvalue weighted by Gasteiger charge is -2.35. The molecule has 1 fully saturated rings. The summed E-state index contributed by atoms with van der Waals surface area (Å²) in [4.78, 5) is 4.71. The second-order valence-electron chi connectivity index (χ2n) is 4.73. The van der Waals surface area contributed by atoms with Gasteiger partial charge in [0.15, 0.2) is 0 Å². The van der Waals surface area contributed by atoms with E-state index in [1.807, 2.05) is 6.92 Å². The van der Waals surface area contributed by atoms with Gasteiger partial charge in [0, 0.05) is 12.6 Å². The van der Waals surface area contributed by atoms with Gasteiger partial charge in [0.25, 0.3) is 0 Å². The summed E-state index contributed by atoms with van der Waals surface area (Å²) in [6.07, 6.45) is 2.44. The highest BCUT2D eigenvalue weighted by atomic mass is 15.2. The predicted octanol–water partition coefficient (Wildman–Crippen LogP) is 0.514. The Kier molecular flexibility index (Phi) is 5.75. The smallest absolute Gasteiger partial charge is 0.108 e. The van der Waals surface area contributed by atoms with Crippen molar-refractivity contribution >= 4 is 0 Å². The van der Waals surface area contributed by atoms with Crippen LogP contribution in [0.4, 0.5) is 0 Å². The van der Waals surface area contributed by atoms with Crippen molar-refractivity contribution in [2.45, 2.75) is 31.8 Å². The van der Waals surface area contributed by atoms with E-state index < -0.39 is 0 Å². The number of nitrogens with zero attached hydrogens (tertiary/aromatic N) is 3. The Morgan fingerprint density at radius 2 is 2.06 bits per heavy atom. The average molecular weight is 224 g/mol. The summed E-state index contributed by atoms with van der Waals surface area (Å²) >= 11 is 0. The topological polar surface area (TPSA) is 42.3 Å². The third kappa shape index (κ3) is 4.09. The monoisotopic (exact) mass is 224 g/mol. The number of piperidine rings is 1. The molecule has 0 aromatic rings. The maximum Gasteiger partial charge on any atom is 0.108 e. The van der Waals surface area contributed by atoms with Crippen molar-refractivity contribution in [1.29, 1.82) is 5.26 Å². The maximum atomic E-state index is 8.98. The van der Waals surface area contributed by atoms with Gasteiger partial charge in [-0.05, 0) is 46.6 Å². The number of hydrogen-bond acceptors (Lipinski definition) is 4. The molecular formula is C12H24N4. The van der Waals surface area contributed by atoms with Crippen molar-refractivity contribution in [3.63, 3.8) is 0 Å². The molecule has 0 aliphatic carbocycles. The number of likely N-dealkylation sites (tertiary alicyclic amines) is 1. The van der Waals surface area contributed by atoms with Crippen molar-refractivity contribution in [3.05, 3.63) is 0 Å². The zero-order chi connectivity index (χ0) is 12.0. The number of nitrogens with one attached hydrogen (secondary N) is 1. The van der Waals surface area contributed by atoms with Crippen LogP contribution in [0.2, 0.25) is 0 Å². The number of rotatable bonds is 5. The zero-order valence-electron chi connectivity index (χ0n) is 10.7. The molecule has 16 heavy (non-hydrogen) atoms. The fraction of sp³-hybridized carbons (Fsp3) is 0.917. The van der Waals surface area contributed by atoms with Crippen LogP contribution < -0.4 is 5.32 Å². The van der Waals surface area contributed by atoms with E-state index in [1.165, 1.54) is 12.8 Å². The van der Waals surface area contributed by atoms with Crippen LogP contribution in [0.1, 0.15) is 19.8 Å².